The number of ether oxygens (including phenoxy) is 1. The summed E-state index contributed by atoms with van der Waals surface area (Å²) in [6, 6.07) is 4.91. The second-order valence-corrected chi connectivity index (χ2v) is 8.59. The average molecular weight is 370 g/mol. The van der Waals surface area contributed by atoms with Gasteiger partial charge in [0.1, 0.15) is 0 Å². The van der Waals surface area contributed by atoms with Crippen LogP contribution in [0.1, 0.15) is 32.6 Å². The SMILES string of the molecule is CCCCn1c(SC[C@H]2CCCO2)nc2cc(S(N)(=O)=O)ccc21. The summed E-state index contributed by atoms with van der Waals surface area (Å²) < 4.78 is 31.0. The highest BCUT2D eigenvalue weighted by Crippen LogP contribution is 2.28. The second kappa shape index (κ2) is 7.43. The van der Waals surface area contributed by atoms with Gasteiger partial charge < -0.3 is 9.30 Å². The summed E-state index contributed by atoms with van der Waals surface area (Å²) in [7, 11) is -3.72. The Morgan fingerprint density at radius 3 is 2.96 bits per heavy atom. The molecule has 2 aromatic rings. The molecule has 0 amide bonds. The fourth-order valence-corrected chi connectivity index (χ4v) is 4.49. The fourth-order valence-electron chi connectivity index (χ4n) is 2.85. The molecule has 0 aliphatic carbocycles. The number of primary sulfonamides is 1. The molecule has 2 N–H and O–H groups in total. The van der Waals surface area contributed by atoms with Gasteiger partial charge in [-0.05, 0) is 37.5 Å². The summed E-state index contributed by atoms with van der Waals surface area (Å²) in [4.78, 5) is 4.75. The summed E-state index contributed by atoms with van der Waals surface area (Å²) in [6.07, 6.45) is 4.64. The van der Waals surface area contributed by atoms with Gasteiger partial charge in [-0.25, -0.2) is 18.5 Å². The van der Waals surface area contributed by atoms with Gasteiger partial charge in [0, 0.05) is 18.9 Å². The number of sulfonamides is 1. The minimum Gasteiger partial charge on any atom is -0.377 e. The van der Waals surface area contributed by atoms with Gasteiger partial charge in [-0.3, -0.25) is 0 Å². The van der Waals surface area contributed by atoms with E-state index in [9.17, 15) is 8.42 Å². The van der Waals surface area contributed by atoms with E-state index >= 15 is 0 Å². The summed E-state index contributed by atoms with van der Waals surface area (Å²) in [5.74, 6) is 0.873. The van der Waals surface area contributed by atoms with E-state index in [1.54, 1.807) is 30.0 Å². The Kier molecular flexibility index (Phi) is 5.49. The lowest BCUT2D eigenvalue weighted by atomic mass is 10.3. The van der Waals surface area contributed by atoms with Gasteiger partial charge in [-0.1, -0.05) is 25.1 Å². The number of aromatic nitrogens is 2. The van der Waals surface area contributed by atoms with Gasteiger partial charge >= 0.3 is 0 Å². The van der Waals surface area contributed by atoms with Crippen molar-refractivity contribution < 1.29 is 13.2 Å². The molecule has 1 aromatic carbocycles. The molecule has 1 saturated heterocycles. The van der Waals surface area contributed by atoms with Crippen LogP contribution in [0.2, 0.25) is 0 Å². The molecule has 6 nitrogen and oxygen atoms in total. The topological polar surface area (TPSA) is 87.2 Å². The summed E-state index contributed by atoms with van der Waals surface area (Å²) >= 11 is 1.68. The Morgan fingerprint density at radius 2 is 2.29 bits per heavy atom. The second-order valence-electron chi connectivity index (χ2n) is 6.04. The van der Waals surface area contributed by atoms with Gasteiger partial charge in [0.05, 0.1) is 22.0 Å². The smallest absolute Gasteiger partial charge is 0.238 e. The van der Waals surface area contributed by atoms with Crippen molar-refractivity contribution in [1.29, 1.82) is 0 Å². The largest absolute Gasteiger partial charge is 0.377 e. The van der Waals surface area contributed by atoms with E-state index in [-0.39, 0.29) is 11.0 Å². The molecule has 1 atom stereocenters. The van der Waals surface area contributed by atoms with Crippen molar-refractivity contribution in [3.05, 3.63) is 18.2 Å². The molecule has 0 radical (unpaired) electrons. The number of benzene rings is 1. The zero-order valence-corrected chi connectivity index (χ0v) is 15.4. The first-order valence-corrected chi connectivity index (χ1v) is 10.8. The summed E-state index contributed by atoms with van der Waals surface area (Å²) in [5, 5.41) is 6.15. The lowest BCUT2D eigenvalue weighted by Crippen LogP contribution is -2.11. The molecular formula is C16H23N3O3S2. The van der Waals surface area contributed by atoms with Gasteiger partial charge in [0.15, 0.2) is 5.16 Å². The number of hydrogen-bond acceptors (Lipinski definition) is 5. The molecule has 132 valence electrons. The Balaban J connectivity index is 1.92. The van der Waals surface area contributed by atoms with Crippen LogP contribution in [-0.4, -0.2) is 36.4 Å². The minimum absolute atomic E-state index is 0.103. The molecule has 2 heterocycles. The van der Waals surface area contributed by atoms with Gasteiger partial charge in [-0.2, -0.15) is 0 Å². The van der Waals surface area contributed by atoms with E-state index in [4.69, 9.17) is 9.88 Å². The number of thioether (sulfide) groups is 1. The maximum Gasteiger partial charge on any atom is 0.238 e. The number of aryl methyl sites for hydroxylation is 1. The fraction of sp³-hybridized carbons (Fsp3) is 0.562. The van der Waals surface area contributed by atoms with Crippen LogP contribution in [-0.2, 0) is 21.3 Å². The Bertz CT molecular complexity index is 811. The minimum atomic E-state index is -3.72. The predicted octanol–water partition coefficient (Wildman–Crippen LogP) is 2.75. The predicted molar refractivity (Wildman–Crippen MR) is 95.7 cm³/mol. The standard InChI is InChI=1S/C16H23N3O3S2/c1-2-3-8-19-15-7-6-13(24(17,20)21)10-14(15)18-16(19)23-11-12-5-4-9-22-12/h6-7,10,12H,2-5,8-9,11H2,1H3,(H2,17,20,21)/t12-/m1/s1. The van der Waals surface area contributed by atoms with Crippen molar-refractivity contribution in [3.63, 3.8) is 0 Å². The molecule has 0 bridgehead atoms. The highest BCUT2D eigenvalue weighted by Gasteiger charge is 2.19. The van der Waals surface area contributed by atoms with Crippen molar-refractivity contribution >= 4 is 32.8 Å². The van der Waals surface area contributed by atoms with Crippen LogP contribution in [0.25, 0.3) is 11.0 Å². The zero-order valence-electron chi connectivity index (χ0n) is 13.8. The van der Waals surface area contributed by atoms with E-state index in [1.165, 1.54) is 0 Å². The normalized spacial score (nSPS) is 18.5. The van der Waals surface area contributed by atoms with Crippen LogP contribution in [0.15, 0.2) is 28.3 Å². The molecule has 0 spiro atoms. The number of rotatable bonds is 7. The van der Waals surface area contributed by atoms with Crippen molar-refractivity contribution in [3.8, 4) is 0 Å². The van der Waals surface area contributed by atoms with E-state index in [0.29, 0.717) is 5.52 Å². The van der Waals surface area contributed by atoms with Crippen LogP contribution < -0.4 is 5.14 Å². The molecule has 8 heteroatoms. The number of unbranched alkanes of at least 4 members (excludes halogenated alkanes) is 1. The number of fused-ring (bicyclic) bond motifs is 1. The molecule has 0 unspecified atom stereocenters. The lowest BCUT2D eigenvalue weighted by Gasteiger charge is -2.11. The Morgan fingerprint density at radius 1 is 1.46 bits per heavy atom. The summed E-state index contributed by atoms with van der Waals surface area (Å²) in [5.41, 5.74) is 1.62. The third kappa shape index (κ3) is 3.93. The maximum atomic E-state index is 11.6. The molecule has 1 aliphatic rings. The molecule has 0 saturated carbocycles. The molecule has 1 fully saturated rings. The van der Waals surface area contributed by atoms with E-state index in [2.05, 4.69) is 16.5 Å². The van der Waals surface area contributed by atoms with E-state index in [1.807, 2.05) is 0 Å². The molecule has 3 rings (SSSR count). The average Bonchev–Trinajstić information content (AvgIpc) is 3.17. The maximum absolute atomic E-state index is 11.6. The van der Waals surface area contributed by atoms with E-state index < -0.39 is 10.0 Å². The molecular weight excluding hydrogens is 346 g/mol. The Labute approximate surface area is 146 Å². The first-order chi connectivity index (χ1) is 11.5. The highest BCUT2D eigenvalue weighted by molar-refractivity contribution is 7.99. The van der Waals surface area contributed by atoms with Crippen molar-refractivity contribution in [1.82, 2.24) is 9.55 Å². The van der Waals surface area contributed by atoms with Crippen LogP contribution in [0, 0.1) is 0 Å². The van der Waals surface area contributed by atoms with Crippen LogP contribution in [0.4, 0.5) is 0 Å². The van der Waals surface area contributed by atoms with Gasteiger partial charge in [-0.15, -0.1) is 0 Å². The third-order valence-electron chi connectivity index (χ3n) is 4.17. The monoisotopic (exact) mass is 369 g/mol. The lowest BCUT2D eigenvalue weighted by molar-refractivity contribution is 0.129. The van der Waals surface area contributed by atoms with Crippen molar-refractivity contribution in [2.24, 2.45) is 5.14 Å². The van der Waals surface area contributed by atoms with E-state index in [0.717, 1.165) is 55.3 Å². The molecule has 1 aliphatic heterocycles. The first kappa shape index (κ1) is 17.7. The van der Waals surface area contributed by atoms with Crippen molar-refractivity contribution in [2.45, 2.75) is 55.3 Å². The number of imidazole rings is 1. The summed E-state index contributed by atoms with van der Waals surface area (Å²) in [6.45, 7) is 3.86. The van der Waals surface area contributed by atoms with Crippen LogP contribution >= 0.6 is 11.8 Å². The first-order valence-electron chi connectivity index (χ1n) is 8.26. The molecule has 1 aromatic heterocycles. The Hall–Kier alpha value is -1.09. The van der Waals surface area contributed by atoms with Gasteiger partial charge in [0.2, 0.25) is 10.0 Å². The number of nitrogens with zero attached hydrogens (tertiary/aromatic N) is 2. The highest BCUT2D eigenvalue weighted by atomic mass is 32.2. The van der Waals surface area contributed by atoms with Crippen LogP contribution in [0.5, 0.6) is 0 Å². The zero-order chi connectivity index (χ0) is 17.2. The third-order valence-corrected chi connectivity index (χ3v) is 6.19. The number of hydrogen-bond donors (Lipinski definition) is 1. The van der Waals surface area contributed by atoms with Crippen molar-refractivity contribution in [2.75, 3.05) is 12.4 Å². The number of nitrogens with two attached hydrogens (primary N) is 1. The molecule has 24 heavy (non-hydrogen) atoms. The van der Waals surface area contributed by atoms with Gasteiger partial charge in [0.25, 0.3) is 0 Å². The van der Waals surface area contributed by atoms with Crippen LogP contribution in [0.3, 0.4) is 0 Å². The quantitative estimate of drug-likeness (QED) is 0.758.